The Bertz CT molecular complexity index is 1420. The minimum absolute atomic E-state index is 0.0602. The summed E-state index contributed by atoms with van der Waals surface area (Å²) < 4.78 is 16.9. The molecule has 36 heavy (non-hydrogen) atoms. The molecule has 0 unspecified atom stereocenters. The maximum Gasteiger partial charge on any atom is 0.162 e. The summed E-state index contributed by atoms with van der Waals surface area (Å²) >= 11 is 17.9. The predicted octanol–water partition coefficient (Wildman–Crippen LogP) is 7.47. The van der Waals surface area contributed by atoms with Gasteiger partial charge in [-0.15, -0.1) is 0 Å². The van der Waals surface area contributed by atoms with Crippen LogP contribution in [0.3, 0.4) is 0 Å². The fraction of sp³-hybridized carbons (Fsp3) is 0.179. The number of carbonyl (C=O) groups excluding carboxylic acids is 1. The van der Waals surface area contributed by atoms with Crippen LogP contribution < -0.4 is 14.2 Å². The molecule has 0 spiro atoms. The molecule has 0 aliphatic rings. The molecular formula is C28H23Cl2NO4S. The topological polar surface area (TPSA) is 57.7 Å². The van der Waals surface area contributed by atoms with Crippen LogP contribution in [0.15, 0.2) is 66.9 Å². The summed E-state index contributed by atoms with van der Waals surface area (Å²) in [5.74, 6) is 2.29. The molecule has 0 aliphatic carbocycles. The summed E-state index contributed by atoms with van der Waals surface area (Å²) in [6, 6.07) is 18.1. The second-order valence-electron chi connectivity index (χ2n) is 8.13. The second kappa shape index (κ2) is 11.7. The fourth-order valence-electron chi connectivity index (χ4n) is 3.79. The minimum atomic E-state index is 0.0602. The summed E-state index contributed by atoms with van der Waals surface area (Å²) in [5, 5.41) is 1.84. The van der Waals surface area contributed by atoms with E-state index < -0.39 is 0 Å². The zero-order valence-corrected chi connectivity index (χ0v) is 22.0. The van der Waals surface area contributed by atoms with E-state index in [-0.39, 0.29) is 12.2 Å². The Morgan fingerprint density at radius 1 is 0.833 bits per heavy atom. The summed E-state index contributed by atoms with van der Waals surface area (Å²) in [6.45, 7) is 0. The van der Waals surface area contributed by atoms with Crippen molar-refractivity contribution in [1.82, 2.24) is 4.98 Å². The van der Waals surface area contributed by atoms with E-state index in [4.69, 9.17) is 49.6 Å². The summed E-state index contributed by atoms with van der Waals surface area (Å²) in [7, 11) is 3.15. The Morgan fingerprint density at radius 3 is 2.22 bits per heavy atom. The Hall–Kier alpha value is -3.19. The van der Waals surface area contributed by atoms with Gasteiger partial charge in [0.15, 0.2) is 11.5 Å². The van der Waals surface area contributed by atoms with Gasteiger partial charge < -0.3 is 14.2 Å². The fourth-order valence-corrected chi connectivity index (χ4v) is 4.49. The number of hydrogen-bond donors (Lipinski definition) is 0. The normalized spacial score (nSPS) is 10.8. The van der Waals surface area contributed by atoms with Gasteiger partial charge in [-0.1, -0.05) is 53.6 Å². The lowest BCUT2D eigenvalue weighted by molar-refractivity contribution is -0.117. The lowest BCUT2D eigenvalue weighted by Gasteiger charge is -2.13. The van der Waals surface area contributed by atoms with Crippen molar-refractivity contribution in [3.63, 3.8) is 0 Å². The number of aromatic nitrogens is 1. The van der Waals surface area contributed by atoms with Crippen LogP contribution in [0.2, 0.25) is 10.0 Å². The van der Waals surface area contributed by atoms with Crippen molar-refractivity contribution in [2.24, 2.45) is 0 Å². The van der Waals surface area contributed by atoms with Crippen LogP contribution in [0, 0.1) is 0 Å². The first-order valence-corrected chi connectivity index (χ1v) is 12.3. The van der Waals surface area contributed by atoms with Gasteiger partial charge >= 0.3 is 0 Å². The van der Waals surface area contributed by atoms with Crippen LogP contribution >= 0.6 is 35.4 Å². The number of thiocarbonyl (C=S) groups is 1. The van der Waals surface area contributed by atoms with E-state index in [9.17, 15) is 4.79 Å². The molecule has 0 bridgehead atoms. The van der Waals surface area contributed by atoms with E-state index in [1.54, 1.807) is 56.8 Å². The van der Waals surface area contributed by atoms with E-state index in [0.29, 0.717) is 56.3 Å². The van der Waals surface area contributed by atoms with Gasteiger partial charge in [0.05, 0.1) is 24.8 Å². The van der Waals surface area contributed by atoms with Crippen LogP contribution in [-0.4, -0.2) is 29.9 Å². The van der Waals surface area contributed by atoms with Crippen LogP contribution in [0.1, 0.15) is 17.5 Å². The number of rotatable bonds is 10. The van der Waals surface area contributed by atoms with Crippen LogP contribution in [0.5, 0.6) is 23.0 Å². The van der Waals surface area contributed by atoms with E-state index in [0.717, 1.165) is 16.5 Å². The number of methoxy groups -OCH3 is 2. The smallest absolute Gasteiger partial charge is 0.162 e. The van der Waals surface area contributed by atoms with E-state index in [1.807, 2.05) is 24.3 Å². The third kappa shape index (κ3) is 6.32. The Labute approximate surface area is 224 Å². The number of halogens is 2. The van der Waals surface area contributed by atoms with E-state index in [2.05, 4.69) is 4.98 Å². The Balaban J connectivity index is 1.44. The number of ether oxygens (including phenoxy) is 3. The number of hydrogen-bond acceptors (Lipinski definition) is 6. The lowest BCUT2D eigenvalue weighted by Crippen LogP contribution is -2.11. The molecule has 0 aliphatic heterocycles. The molecule has 0 atom stereocenters. The number of benzene rings is 3. The van der Waals surface area contributed by atoms with Crippen LogP contribution in [0.25, 0.3) is 10.9 Å². The molecular weight excluding hydrogens is 517 g/mol. The number of nitrogens with zero attached hydrogens (tertiary/aromatic N) is 1. The van der Waals surface area contributed by atoms with Gasteiger partial charge in [0.2, 0.25) is 0 Å². The molecule has 0 N–H and O–H groups in total. The third-order valence-electron chi connectivity index (χ3n) is 5.53. The first-order chi connectivity index (χ1) is 17.4. The first kappa shape index (κ1) is 25.9. The van der Waals surface area contributed by atoms with Crippen molar-refractivity contribution in [2.75, 3.05) is 14.2 Å². The van der Waals surface area contributed by atoms with Crippen molar-refractivity contribution in [2.45, 2.75) is 19.3 Å². The van der Waals surface area contributed by atoms with Crippen LogP contribution in [-0.2, 0) is 17.6 Å². The number of carbonyl (C=O) groups is 1. The van der Waals surface area contributed by atoms with Gasteiger partial charge in [0.25, 0.3) is 0 Å². The minimum Gasteiger partial charge on any atom is -0.493 e. The maximum absolute atomic E-state index is 12.4. The first-order valence-electron chi connectivity index (χ1n) is 11.1. The molecule has 3 aromatic carbocycles. The van der Waals surface area contributed by atoms with E-state index >= 15 is 0 Å². The highest BCUT2D eigenvalue weighted by atomic mass is 35.5. The van der Waals surface area contributed by atoms with Crippen molar-refractivity contribution >= 4 is 57.0 Å². The Kier molecular flexibility index (Phi) is 8.41. The van der Waals surface area contributed by atoms with Crippen molar-refractivity contribution < 1.29 is 19.0 Å². The molecule has 8 heteroatoms. The predicted molar refractivity (Wildman–Crippen MR) is 147 cm³/mol. The Morgan fingerprint density at radius 2 is 1.53 bits per heavy atom. The molecule has 4 rings (SSSR count). The van der Waals surface area contributed by atoms with Gasteiger partial charge in [-0.2, -0.15) is 0 Å². The van der Waals surface area contributed by atoms with Gasteiger partial charge in [-0.05, 0) is 47.5 Å². The molecule has 0 saturated carbocycles. The number of Topliss-reactive ketones (excluding diaryl/α,β-unsaturated/α-hetero) is 1. The molecule has 4 aromatic rings. The third-order valence-corrected chi connectivity index (χ3v) is 6.37. The number of pyridine rings is 1. The number of fused-ring (bicyclic) bond motifs is 1. The van der Waals surface area contributed by atoms with Gasteiger partial charge in [-0.25, -0.2) is 0 Å². The number of ketones is 1. The van der Waals surface area contributed by atoms with Crippen molar-refractivity contribution in [3.05, 3.63) is 88.0 Å². The molecule has 0 fully saturated rings. The SMILES string of the molecule is COc1cc2nccc(Oc3ccc(CC(=S)CC(=O)Cc4ccc(Cl)cc4)cc3Cl)c2cc1OC. The molecule has 0 amide bonds. The van der Waals surface area contributed by atoms with E-state index in [1.165, 1.54) is 0 Å². The standard InChI is InChI=1S/C28H23Cl2NO4S/c1-33-27-15-22-24(16-28(27)34-2)31-10-9-25(22)35-26-8-5-18(13-23(26)30)12-21(36)14-20(32)11-17-3-6-19(29)7-4-17/h3-10,13,15-16H,11-12,14H2,1-2H3. The largest absolute Gasteiger partial charge is 0.493 e. The van der Waals surface area contributed by atoms with Gasteiger partial charge in [0.1, 0.15) is 17.3 Å². The van der Waals surface area contributed by atoms with Gasteiger partial charge in [0, 0.05) is 46.8 Å². The highest BCUT2D eigenvalue weighted by Gasteiger charge is 2.14. The molecule has 0 radical (unpaired) electrons. The molecule has 0 saturated heterocycles. The van der Waals surface area contributed by atoms with Crippen molar-refractivity contribution in [3.8, 4) is 23.0 Å². The average Bonchev–Trinajstić information content (AvgIpc) is 2.86. The highest BCUT2D eigenvalue weighted by molar-refractivity contribution is 7.80. The van der Waals surface area contributed by atoms with Gasteiger partial charge in [-0.3, -0.25) is 9.78 Å². The summed E-state index contributed by atoms with van der Waals surface area (Å²) in [6.07, 6.45) is 2.67. The molecule has 184 valence electrons. The summed E-state index contributed by atoms with van der Waals surface area (Å²) in [4.78, 5) is 17.5. The zero-order chi connectivity index (χ0) is 25.7. The quantitative estimate of drug-likeness (QED) is 0.195. The van der Waals surface area contributed by atoms with Crippen molar-refractivity contribution in [1.29, 1.82) is 0 Å². The highest BCUT2D eigenvalue weighted by Crippen LogP contribution is 2.38. The van der Waals surface area contributed by atoms with Crippen LogP contribution in [0.4, 0.5) is 0 Å². The molecule has 1 heterocycles. The second-order valence-corrected chi connectivity index (χ2v) is 9.56. The molecule has 1 aromatic heterocycles. The lowest BCUT2D eigenvalue weighted by atomic mass is 10.0. The maximum atomic E-state index is 12.4. The average molecular weight is 540 g/mol. The molecule has 5 nitrogen and oxygen atoms in total. The monoisotopic (exact) mass is 539 g/mol. The summed E-state index contributed by atoms with van der Waals surface area (Å²) in [5.41, 5.74) is 2.52. The zero-order valence-electron chi connectivity index (χ0n) is 19.7.